The molecule has 0 heterocycles. The highest BCUT2D eigenvalue weighted by Gasteiger charge is 2.28. The lowest BCUT2D eigenvalue weighted by molar-refractivity contribution is -0.113. The van der Waals surface area contributed by atoms with E-state index in [1.165, 1.54) is 0 Å². The molecule has 43 heavy (non-hydrogen) atoms. The molecule has 1 unspecified atom stereocenters. The number of rotatable bonds is 11. The van der Waals surface area contributed by atoms with E-state index < -0.39 is 11.8 Å². The van der Waals surface area contributed by atoms with Gasteiger partial charge in [0, 0.05) is 34.2 Å². The number of nitrogens with one attached hydrogen (secondary N) is 2. The van der Waals surface area contributed by atoms with Crippen molar-refractivity contribution in [2.24, 2.45) is 0 Å². The van der Waals surface area contributed by atoms with Gasteiger partial charge in [-0.2, -0.15) is 5.26 Å². The summed E-state index contributed by atoms with van der Waals surface area (Å²) in [5.41, 5.74) is 4.17. The molecule has 0 saturated carbocycles. The van der Waals surface area contributed by atoms with Gasteiger partial charge in [0.05, 0.1) is 22.4 Å². The SMILES string of the molecule is Cc1ccc(C)c(NC(=O)CSC(NC(=O)c2ccccc2)=C(C#N)C(CC(=O)c2ccccc2)c2ccccc2Cl)c1. The maximum absolute atomic E-state index is 13.4. The first-order chi connectivity index (χ1) is 20.8. The van der Waals surface area contributed by atoms with Gasteiger partial charge in [-0.25, -0.2) is 0 Å². The highest BCUT2D eigenvalue weighted by atomic mass is 35.5. The number of anilines is 1. The molecule has 216 valence electrons. The molecule has 2 amide bonds. The van der Waals surface area contributed by atoms with Gasteiger partial charge in [0.1, 0.15) is 0 Å². The summed E-state index contributed by atoms with van der Waals surface area (Å²) in [6, 6.07) is 32.4. The average molecular weight is 608 g/mol. The fourth-order valence-corrected chi connectivity index (χ4v) is 5.60. The van der Waals surface area contributed by atoms with Gasteiger partial charge in [-0.1, -0.05) is 102 Å². The Hall–Kier alpha value is -4.64. The molecule has 0 aliphatic rings. The van der Waals surface area contributed by atoms with E-state index in [1.54, 1.807) is 78.9 Å². The normalized spacial score (nSPS) is 12.0. The van der Waals surface area contributed by atoms with Crippen molar-refractivity contribution < 1.29 is 14.4 Å². The molecule has 4 aromatic carbocycles. The smallest absolute Gasteiger partial charge is 0.256 e. The Balaban J connectivity index is 1.73. The van der Waals surface area contributed by atoms with E-state index in [4.69, 9.17) is 11.6 Å². The van der Waals surface area contributed by atoms with Gasteiger partial charge in [-0.3, -0.25) is 14.4 Å². The summed E-state index contributed by atoms with van der Waals surface area (Å²) < 4.78 is 0. The molecule has 0 spiro atoms. The van der Waals surface area contributed by atoms with E-state index in [9.17, 15) is 19.6 Å². The summed E-state index contributed by atoms with van der Waals surface area (Å²) in [5.74, 6) is -1.82. The Morgan fingerprint density at radius 3 is 2.14 bits per heavy atom. The van der Waals surface area contributed by atoms with E-state index in [-0.39, 0.29) is 34.5 Å². The summed E-state index contributed by atoms with van der Waals surface area (Å²) >= 11 is 7.62. The van der Waals surface area contributed by atoms with Crippen LogP contribution in [0.5, 0.6) is 0 Å². The number of carbonyl (C=O) groups is 3. The second kappa shape index (κ2) is 15.0. The number of aryl methyl sites for hydroxylation is 2. The zero-order valence-electron chi connectivity index (χ0n) is 23.8. The molecule has 4 rings (SSSR count). The number of nitrogens with zero attached hydrogens (tertiary/aromatic N) is 1. The molecule has 2 N–H and O–H groups in total. The second-order valence-electron chi connectivity index (χ2n) is 9.90. The Morgan fingerprint density at radius 2 is 1.49 bits per heavy atom. The van der Waals surface area contributed by atoms with Crippen molar-refractivity contribution >= 4 is 46.6 Å². The number of hydrogen-bond donors (Lipinski definition) is 2. The summed E-state index contributed by atoms with van der Waals surface area (Å²) in [6.07, 6.45) is -0.0728. The largest absolute Gasteiger partial charge is 0.325 e. The van der Waals surface area contributed by atoms with Crippen LogP contribution in [0, 0.1) is 25.2 Å². The predicted molar refractivity (Wildman–Crippen MR) is 173 cm³/mol. The molecular formula is C35H30ClN3O3S. The zero-order chi connectivity index (χ0) is 30.8. The van der Waals surface area contributed by atoms with Crippen molar-refractivity contribution in [3.8, 4) is 6.07 Å². The number of hydrogen-bond acceptors (Lipinski definition) is 5. The molecule has 0 aliphatic carbocycles. The van der Waals surface area contributed by atoms with Gasteiger partial charge in [-0.15, -0.1) is 0 Å². The number of ketones is 1. The van der Waals surface area contributed by atoms with Crippen molar-refractivity contribution in [3.63, 3.8) is 0 Å². The third kappa shape index (κ3) is 8.45. The lowest BCUT2D eigenvalue weighted by Gasteiger charge is -2.21. The van der Waals surface area contributed by atoms with E-state index in [0.29, 0.717) is 27.4 Å². The van der Waals surface area contributed by atoms with E-state index in [1.807, 2.05) is 38.1 Å². The lowest BCUT2D eigenvalue weighted by atomic mass is 9.86. The van der Waals surface area contributed by atoms with Crippen molar-refractivity contribution in [2.45, 2.75) is 26.2 Å². The number of allylic oxidation sites excluding steroid dienone is 1. The molecule has 0 aromatic heterocycles. The van der Waals surface area contributed by atoms with Crippen LogP contribution < -0.4 is 10.6 Å². The topological polar surface area (TPSA) is 99.1 Å². The Labute approximate surface area is 260 Å². The van der Waals surface area contributed by atoms with Crippen LogP contribution in [0.25, 0.3) is 0 Å². The first-order valence-electron chi connectivity index (χ1n) is 13.6. The first-order valence-corrected chi connectivity index (χ1v) is 15.0. The minimum Gasteiger partial charge on any atom is -0.325 e. The third-order valence-corrected chi connectivity index (χ3v) is 8.12. The summed E-state index contributed by atoms with van der Waals surface area (Å²) in [6.45, 7) is 3.84. The van der Waals surface area contributed by atoms with Crippen molar-refractivity contribution in [1.29, 1.82) is 5.26 Å². The minimum absolute atomic E-state index is 0.0728. The molecular weight excluding hydrogens is 578 g/mol. The minimum atomic E-state index is -0.785. The fraction of sp³-hybridized carbons (Fsp3) is 0.143. The van der Waals surface area contributed by atoms with Crippen molar-refractivity contribution in [3.05, 3.63) is 147 Å². The molecule has 0 radical (unpaired) electrons. The quantitative estimate of drug-likeness (QED) is 0.134. The summed E-state index contributed by atoms with van der Waals surface area (Å²) in [5, 5.41) is 16.9. The number of thioether (sulfide) groups is 1. The van der Waals surface area contributed by atoms with E-state index in [0.717, 1.165) is 22.9 Å². The lowest BCUT2D eigenvalue weighted by Crippen LogP contribution is -2.26. The zero-order valence-corrected chi connectivity index (χ0v) is 25.3. The Kier molecular flexibility index (Phi) is 10.9. The molecule has 6 nitrogen and oxygen atoms in total. The standard InChI is InChI=1S/C35H30ClN3O3S/c1-23-17-18-24(2)31(19-23)38-33(41)22-43-35(39-34(42)26-13-7-4-8-14-26)29(21-37)28(27-15-9-10-16-30(27)36)20-32(40)25-11-5-3-6-12-25/h3-19,28H,20,22H2,1-2H3,(H,38,41)(H,39,42). The van der Waals surface area contributed by atoms with Crippen LogP contribution in [-0.2, 0) is 4.79 Å². The molecule has 0 saturated heterocycles. The summed E-state index contributed by atoms with van der Waals surface area (Å²) in [7, 11) is 0. The third-order valence-electron chi connectivity index (χ3n) is 6.76. The maximum atomic E-state index is 13.4. The molecule has 8 heteroatoms. The Morgan fingerprint density at radius 1 is 0.860 bits per heavy atom. The molecule has 0 aliphatic heterocycles. The monoisotopic (exact) mass is 607 g/mol. The van der Waals surface area contributed by atoms with Crippen LogP contribution >= 0.6 is 23.4 Å². The van der Waals surface area contributed by atoms with Gasteiger partial charge in [0.25, 0.3) is 5.91 Å². The second-order valence-corrected chi connectivity index (χ2v) is 11.3. The van der Waals surface area contributed by atoms with Crippen LogP contribution in [0.15, 0.2) is 114 Å². The molecule has 1 atom stereocenters. The van der Waals surface area contributed by atoms with Crippen LogP contribution in [0.3, 0.4) is 0 Å². The maximum Gasteiger partial charge on any atom is 0.256 e. The molecule has 0 fully saturated rings. The number of Topliss-reactive ketones (excluding diaryl/α,β-unsaturated/α-hetero) is 1. The van der Waals surface area contributed by atoms with Crippen molar-refractivity contribution in [2.75, 3.05) is 11.1 Å². The van der Waals surface area contributed by atoms with E-state index >= 15 is 0 Å². The Bertz CT molecular complexity index is 1700. The number of halogens is 1. The van der Waals surface area contributed by atoms with Crippen LogP contribution in [0.1, 0.15) is 49.7 Å². The molecule has 4 aromatic rings. The van der Waals surface area contributed by atoms with Gasteiger partial charge < -0.3 is 10.6 Å². The van der Waals surface area contributed by atoms with Gasteiger partial charge in [0.15, 0.2) is 5.78 Å². The highest BCUT2D eigenvalue weighted by molar-refractivity contribution is 8.03. The average Bonchev–Trinajstić information content (AvgIpc) is 3.02. The van der Waals surface area contributed by atoms with Gasteiger partial charge in [-0.05, 0) is 54.8 Å². The number of nitriles is 1. The molecule has 0 bridgehead atoms. The predicted octanol–water partition coefficient (Wildman–Crippen LogP) is 7.85. The van der Waals surface area contributed by atoms with Crippen LogP contribution in [-0.4, -0.2) is 23.4 Å². The van der Waals surface area contributed by atoms with Gasteiger partial charge >= 0.3 is 0 Å². The highest BCUT2D eigenvalue weighted by Crippen LogP contribution is 2.37. The van der Waals surface area contributed by atoms with Crippen molar-refractivity contribution in [1.82, 2.24) is 5.32 Å². The number of carbonyl (C=O) groups excluding carboxylic acids is 3. The number of benzene rings is 4. The fourth-order valence-electron chi connectivity index (χ4n) is 4.48. The summed E-state index contributed by atoms with van der Waals surface area (Å²) in [4.78, 5) is 39.8. The number of amides is 2. The van der Waals surface area contributed by atoms with Crippen LogP contribution in [0.2, 0.25) is 5.02 Å². The first kappa shape index (κ1) is 31.3. The van der Waals surface area contributed by atoms with Crippen LogP contribution in [0.4, 0.5) is 5.69 Å². The van der Waals surface area contributed by atoms with Gasteiger partial charge in [0.2, 0.25) is 5.91 Å². The van der Waals surface area contributed by atoms with E-state index in [2.05, 4.69) is 16.7 Å².